The molecule has 2 aliphatic heterocycles. The van der Waals surface area contributed by atoms with E-state index in [0.29, 0.717) is 5.02 Å². The Balaban J connectivity index is 1.62. The molecule has 0 aliphatic carbocycles. The van der Waals surface area contributed by atoms with E-state index in [1.807, 2.05) is 30.3 Å². The zero-order valence-corrected chi connectivity index (χ0v) is 14.2. The molecule has 2 aromatic carbocycles. The summed E-state index contributed by atoms with van der Waals surface area (Å²) in [5, 5.41) is 7.60. The number of aryl methyl sites for hydroxylation is 1. The first-order chi connectivity index (χ1) is 11.1. The van der Waals surface area contributed by atoms with Gasteiger partial charge < -0.3 is 10.1 Å². The second-order valence-electron chi connectivity index (χ2n) is 6.12. The van der Waals surface area contributed by atoms with Crippen LogP contribution in [0.4, 0.5) is 0 Å². The highest BCUT2D eigenvalue weighted by atomic mass is 35.5. The maximum absolute atomic E-state index is 6.17. The molecule has 4 rings (SSSR count). The third-order valence-electron chi connectivity index (χ3n) is 4.41. The Bertz CT molecular complexity index is 779. The molecule has 118 valence electrons. The molecule has 23 heavy (non-hydrogen) atoms. The minimum atomic E-state index is -0.122. The van der Waals surface area contributed by atoms with Crippen LogP contribution in [0.15, 0.2) is 42.5 Å². The molecule has 2 N–H and O–H groups in total. The number of nitrogens with one attached hydrogen (secondary N) is 2. The predicted molar refractivity (Wildman–Crippen MR) is 95.9 cm³/mol. The van der Waals surface area contributed by atoms with Gasteiger partial charge in [-0.3, -0.25) is 5.32 Å². The van der Waals surface area contributed by atoms with Gasteiger partial charge >= 0.3 is 0 Å². The summed E-state index contributed by atoms with van der Waals surface area (Å²) in [6.07, 6.45) is 0.681. The summed E-state index contributed by atoms with van der Waals surface area (Å²) in [6.45, 7) is 2.09. The highest BCUT2D eigenvalue weighted by Gasteiger charge is 2.39. The number of rotatable bonds is 1. The minimum Gasteiger partial charge on any atom is -0.474 e. The molecule has 3 unspecified atom stereocenters. The van der Waals surface area contributed by atoms with Crippen molar-refractivity contribution in [3.05, 3.63) is 64.2 Å². The van der Waals surface area contributed by atoms with Crippen LogP contribution in [0.25, 0.3) is 0 Å². The lowest BCUT2D eigenvalue weighted by Gasteiger charge is -2.42. The van der Waals surface area contributed by atoms with E-state index in [-0.39, 0.29) is 18.3 Å². The fourth-order valence-electron chi connectivity index (χ4n) is 3.25. The van der Waals surface area contributed by atoms with Crippen molar-refractivity contribution in [2.45, 2.75) is 25.7 Å². The molecule has 2 aliphatic rings. The summed E-state index contributed by atoms with van der Waals surface area (Å²) in [4.78, 5) is 0.839. The van der Waals surface area contributed by atoms with Crippen LogP contribution in [-0.4, -0.2) is 11.2 Å². The van der Waals surface area contributed by atoms with Crippen LogP contribution in [0.1, 0.15) is 22.9 Å². The van der Waals surface area contributed by atoms with Crippen molar-refractivity contribution in [2.75, 3.05) is 0 Å². The van der Waals surface area contributed by atoms with Crippen molar-refractivity contribution in [1.82, 2.24) is 10.6 Å². The molecule has 0 radical (unpaired) electrons. The summed E-state index contributed by atoms with van der Waals surface area (Å²) in [5.74, 6) is 1.09. The van der Waals surface area contributed by atoms with Gasteiger partial charge in [0.05, 0.1) is 10.9 Å². The summed E-state index contributed by atoms with van der Waals surface area (Å²) in [7, 11) is 0. The number of hydrogen-bond acceptors (Lipinski definition) is 3. The number of thiocarbonyl (C=S) groups is 1. The number of hydrogen-bond donors (Lipinski definition) is 2. The van der Waals surface area contributed by atoms with Crippen LogP contribution in [0.5, 0.6) is 5.75 Å². The maximum atomic E-state index is 6.17. The molecule has 0 bridgehead atoms. The monoisotopic (exact) mass is 344 g/mol. The Morgan fingerprint density at radius 3 is 2.91 bits per heavy atom. The SMILES string of the molecule is Cc1ccc2c(c1)CC1C(=S)NC(c3cccc(Cl)c3)NC1O2. The van der Waals surface area contributed by atoms with Crippen LogP contribution in [0, 0.1) is 12.8 Å². The Morgan fingerprint density at radius 2 is 2.09 bits per heavy atom. The van der Waals surface area contributed by atoms with Crippen molar-refractivity contribution in [3.63, 3.8) is 0 Å². The van der Waals surface area contributed by atoms with Gasteiger partial charge in [0, 0.05) is 5.02 Å². The number of benzene rings is 2. The van der Waals surface area contributed by atoms with Crippen molar-refractivity contribution in [2.24, 2.45) is 5.92 Å². The quantitative estimate of drug-likeness (QED) is 0.772. The lowest BCUT2D eigenvalue weighted by molar-refractivity contribution is 0.0806. The average molecular weight is 345 g/mol. The topological polar surface area (TPSA) is 33.3 Å². The highest BCUT2D eigenvalue weighted by molar-refractivity contribution is 7.80. The van der Waals surface area contributed by atoms with E-state index < -0.39 is 0 Å². The van der Waals surface area contributed by atoms with Gasteiger partial charge in [-0.2, -0.15) is 0 Å². The van der Waals surface area contributed by atoms with Gasteiger partial charge in [0.15, 0.2) is 6.23 Å². The van der Waals surface area contributed by atoms with Gasteiger partial charge in [0.25, 0.3) is 0 Å². The molecule has 2 heterocycles. The Morgan fingerprint density at radius 1 is 1.22 bits per heavy atom. The molecule has 1 saturated heterocycles. The number of ether oxygens (including phenoxy) is 1. The maximum Gasteiger partial charge on any atom is 0.161 e. The second kappa shape index (κ2) is 5.78. The smallest absolute Gasteiger partial charge is 0.161 e. The largest absolute Gasteiger partial charge is 0.474 e. The van der Waals surface area contributed by atoms with Gasteiger partial charge in [-0.1, -0.05) is 53.6 Å². The molecular weight excluding hydrogens is 328 g/mol. The minimum absolute atomic E-state index is 0.0885. The zero-order chi connectivity index (χ0) is 16.0. The van der Waals surface area contributed by atoms with E-state index in [1.165, 1.54) is 11.1 Å². The van der Waals surface area contributed by atoms with E-state index in [1.54, 1.807) is 0 Å². The van der Waals surface area contributed by atoms with Gasteiger partial charge in [0.1, 0.15) is 11.9 Å². The Hall–Kier alpha value is -1.62. The highest BCUT2D eigenvalue weighted by Crippen LogP contribution is 2.34. The molecule has 3 atom stereocenters. The lowest BCUT2D eigenvalue weighted by atomic mass is 9.91. The van der Waals surface area contributed by atoms with Crippen molar-refractivity contribution >= 4 is 28.8 Å². The van der Waals surface area contributed by atoms with Gasteiger partial charge in [0.2, 0.25) is 0 Å². The fraction of sp³-hybridized carbons (Fsp3) is 0.278. The second-order valence-corrected chi connectivity index (χ2v) is 7.00. The van der Waals surface area contributed by atoms with E-state index in [4.69, 9.17) is 28.6 Å². The first-order valence-electron chi connectivity index (χ1n) is 7.68. The summed E-state index contributed by atoms with van der Waals surface area (Å²) in [6, 6.07) is 14.1. The molecule has 1 fully saturated rings. The van der Waals surface area contributed by atoms with E-state index >= 15 is 0 Å². The standard InChI is InChI=1S/C18H17ClN2OS/c1-10-5-6-15-12(7-10)9-14-17(22-15)20-16(21-18(14)23)11-3-2-4-13(19)8-11/h2-8,14,16-17,20H,9H2,1H3,(H,21,23). The molecule has 5 heteroatoms. The van der Waals surface area contributed by atoms with Crippen LogP contribution in [-0.2, 0) is 6.42 Å². The average Bonchev–Trinajstić information content (AvgIpc) is 2.53. The van der Waals surface area contributed by atoms with Crippen molar-refractivity contribution in [1.29, 1.82) is 0 Å². The van der Waals surface area contributed by atoms with E-state index in [9.17, 15) is 0 Å². The molecule has 0 saturated carbocycles. The molecular formula is C18H17ClN2OS. The lowest BCUT2D eigenvalue weighted by Crippen LogP contribution is -2.60. The molecule has 2 aromatic rings. The number of halogens is 1. The summed E-state index contributed by atoms with van der Waals surface area (Å²) >= 11 is 11.7. The van der Waals surface area contributed by atoms with Crippen LogP contribution in [0.2, 0.25) is 5.02 Å². The third-order valence-corrected chi connectivity index (χ3v) is 5.07. The Labute approximate surface area is 146 Å². The first-order valence-corrected chi connectivity index (χ1v) is 8.47. The van der Waals surface area contributed by atoms with Gasteiger partial charge in [-0.15, -0.1) is 0 Å². The Kier molecular flexibility index (Phi) is 3.76. The van der Waals surface area contributed by atoms with Gasteiger partial charge in [-0.05, 0) is 42.7 Å². The summed E-state index contributed by atoms with van der Waals surface area (Å²) in [5.41, 5.74) is 3.51. The first kappa shape index (κ1) is 14.9. The van der Waals surface area contributed by atoms with Crippen LogP contribution >= 0.6 is 23.8 Å². The predicted octanol–water partition coefficient (Wildman–Crippen LogP) is 3.74. The normalized spacial score (nSPS) is 25.8. The molecule has 0 spiro atoms. The molecule has 0 amide bonds. The van der Waals surface area contributed by atoms with Crippen LogP contribution in [0.3, 0.4) is 0 Å². The third kappa shape index (κ3) is 2.82. The van der Waals surface area contributed by atoms with Crippen molar-refractivity contribution in [3.8, 4) is 5.75 Å². The molecule has 3 nitrogen and oxygen atoms in total. The fourth-order valence-corrected chi connectivity index (χ4v) is 3.77. The number of fused-ring (bicyclic) bond motifs is 2. The molecule has 0 aromatic heterocycles. The van der Waals surface area contributed by atoms with E-state index in [0.717, 1.165) is 22.7 Å². The van der Waals surface area contributed by atoms with E-state index in [2.05, 4.69) is 29.7 Å². The van der Waals surface area contributed by atoms with Crippen molar-refractivity contribution < 1.29 is 4.74 Å². The summed E-state index contributed by atoms with van der Waals surface area (Å²) < 4.78 is 6.17. The van der Waals surface area contributed by atoms with Gasteiger partial charge in [-0.25, -0.2) is 0 Å². The zero-order valence-electron chi connectivity index (χ0n) is 12.7. The van der Waals surface area contributed by atoms with Crippen LogP contribution < -0.4 is 15.4 Å².